The number of nitrogens with one attached hydrogen (secondary N) is 1. The van der Waals surface area contributed by atoms with Gasteiger partial charge in [0.2, 0.25) is 0 Å². The maximum Gasteiger partial charge on any atom is 0.0912 e. The Labute approximate surface area is 116 Å². The summed E-state index contributed by atoms with van der Waals surface area (Å²) in [6.45, 7) is 2.27. The van der Waals surface area contributed by atoms with Gasteiger partial charge in [-0.3, -0.25) is 0 Å². The fraction of sp³-hybridized carbons (Fsp3) is 0.857. The predicted octanol–water partition coefficient (Wildman–Crippen LogP) is 4.33. The molecule has 0 spiro atoms. The molecule has 0 aliphatic rings. The summed E-state index contributed by atoms with van der Waals surface area (Å²) in [4.78, 5) is 0. The molecule has 0 aromatic carbocycles. The first-order chi connectivity index (χ1) is 8.88. The predicted molar refractivity (Wildman–Crippen MR) is 78.9 cm³/mol. The second-order valence-electron chi connectivity index (χ2n) is 4.94. The van der Waals surface area contributed by atoms with E-state index in [0.29, 0.717) is 6.04 Å². The third-order valence-corrected chi connectivity index (χ3v) is 3.92. The van der Waals surface area contributed by atoms with Crippen molar-refractivity contribution < 1.29 is 0 Å². The van der Waals surface area contributed by atoms with E-state index in [-0.39, 0.29) is 0 Å². The van der Waals surface area contributed by atoms with E-state index in [1.165, 1.54) is 69.5 Å². The van der Waals surface area contributed by atoms with Crippen molar-refractivity contribution in [2.75, 3.05) is 7.05 Å². The molecule has 18 heavy (non-hydrogen) atoms. The molecule has 1 unspecified atom stereocenters. The zero-order valence-corrected chi connectivity index (χ0v) is 12.6. The molecule has 1 aromatic heterocycles. The fourth-order valence-electron chi connectivity index (χ4n) is 2.25. The lowest BCUT2D eigenvalue weighted by molar-refractivity contribution is 0.488. The first kappa shape index (κ1) is 15.6. The maximum atomic E-state index is 4.30. The van der Waals surface area contributed by atoms with Gasteiger partial charge in [0.15, 0.2) is 0 Å². The smallest absolute Gasteiger partial charge is 0.0912 e. The van der Waals surface area contributed by atoms with E-state index < -0.39 is 0 Å². The van der Waals surface area contributed by atoms with E-state index >= 15 is 0 Å². The Morgan fingerprint density at radius 2 is 1.78 bits per heavy atom. The second-order valence-corrected chi connectivity index (χ2v) is 5.49. The van der Waals surface area contributed by atoms with Gasteiger partial charge in [0, 0.05) is 0 Å². The first-order valence-electron chi connectivity index (χ1n) is 7.33. The summed E-state index contributed by atoms with van der Waals surface area (Å²) in [5.41, 5.74) is 1.10. The van der Waals surface area contributed by atoms with Crippen LogP contribution in [0.15, 0.2) is 6.20 Å². The monoisotopic (exact) mass is 269 g/mol. The molecule has 0 aliphatic carbocycles. The number of nitrogens with zero attached hydrogens (tertiary/aromatic N) is 2. The summed E-state index contributed by atoms with van der Waals surface area (Å²) in [5, 5.41) is 3.33. The van der Waals surface area contributed by atoms with Crippen molar-refractivity contribution in [2.45, 2.75) is 70.8 Å². The minimum Gasteiger partial charge on any atom is -0.312 e. The van der Waals surface area contributed by atoms with Crippen molar-refractivity contribution >= 4 is 11.7 Å². The molecular weight excluding hydrogens is 242 g/mol. The lowest BCUT2D eigenvalue weighted by Gasteiger charge is -2.12. The van der Waals surface area contributed by atoms with Gasteiger partial charge in [0.1, 0.15) is 0 Å². The Morgan fingerprint density at radius 1 is 1.11 bits per heavy atom. The van der Waals surface area contributed by atoms with Crippen molar-refractivity contribution in [3.05, 3.63) is 11.9 Å². The fourth-order valence-corrected chi connectivity index (χ4v) is 2.72. The Kier molecular flexibility index (Phi) is 9.04. The van der Waals surface area contributed by atoms with Crippen LogP contribution in [0, 0.1) is 0 Å². The quantitative estimate of drug-likeness (QED) is 0.608. The van der Waals surface area contributed by atoms with Crippen LogP contribution in [0.4, 0.5) is 0 Å². The molecule has 1 N–H and O–H groups in total. The van der Waals surface area contributed by atoms with Gasteiger partial charge in [-0.1, -0.05) is 58.3 Å². The molecule has 104 valence electrons. The molecule has 4 heteroatoms. The topological polar surface area (TPSA) is 37.8 Å². The highest BCUT2D eigenvalue weighted by Gasteiger charge is 2.10. The molecule has 1 aromatic rings. The van der Waals surface area contributed by atoms with Gasteiger partial charge >= 0.3 is 0 Å². The van der Waals surface area contributed by atoms with Crippen LogP contribution in [-0.2, 0) is 0 Å². The van der Waals surface area contributed by atoms with Crippen molar-refractivity contribution in [3.63, 3.8) is 0 Å². The summed E-state index contributed by atoms with van der Waals surface area (Å²) >= 11 is 1.30. The minimum atomic E-state index is 0.392. The lowest BCUT2D eigenvalue weighted by Crippen LogP contribution is -2.16. The molecule has 1 rings (SSSR count). The highest BCUT2D eigenvalue weighted by molar-refractivity contribution is 6.99. The number of aromatic nitrogens is 2. The van der Waals surface area contributed by atoms with Crippen LogP contribution in [0.1, 0.15) is 76.4 Å². The van der Waals surface area contributed by atoms with Crippen molar-refractivity contribution in [2.24, 2.45) is 0 Å². The van der Waals surface area contributed by atoms with Crippen molar-refractivity contribution in [1.29, 1.82) is 0 Å². The largest absolute Gasteiger partial charge is 0.312 e. The van der Waals surface area contributed by atoms with Crippen molar-refractivity contribution in [1.82, 2.24) is 14.1 Å². The third-order valence-electron chi connectivity index (χ3n) is 3.43. The summed E-state index contributed by atoms with van der Waals surface area (Å²) in [6, 6.07) is 0.392. The van der Waals surface area contributed by atoms with Gasteiger partial charge in [-0.05, 0) is 13.5 Å². The van der Waals surface area contributed by atoms with E-state index in [9.17, 15) is 0 Å². The first-order valence-corrected chi connectivity index (χ1v) is 8.06. The number of hydrogen-bond donors (Lipinski definition) is 1. The molecule has 0 fully saturated rings. The van der Waals surface area contributed by atoms with E-state index in [2.05, 4.69) is 21.0 Å². The van der Waals surface area contributed by atoms with Crippen LogP contribution in [0.3, 0.4) is 0 Å². The van der Waals surface area contributed by atoms with Crippen molar-refractivity contribution in [3.8, 4) is 0 Å². The summed E-state index contributed by atoms with van der Waals surface area (Å²) in [5.74, 6) is 0. The summed E-state index contributed by atoms with van der Waals surface area (Å²) < 4.78 is 8.37. The molecule has 0 aliphatic heterocycles. The minimum absolute atomic E-state index is 0.392. The van der Waals surface area contributed by atoms with Gasteiger partial charge in [-0.15, -0.1) is 0 Å². The average molecular weight is 269 g/mol. The Hall–Kier alpha value is -0.480. The van der Waals surface area contributed by atoms with E-state index in [1.807, 2.05) is 13.2 Å². The third kappa shape index (κ3) is 6.45. The van der Waals surface area contributed by atoms with Crippen LogP contribution < -0.4 is 5.32 Å². The molecule has 0 bridgehead atoms. The molecule has 1 heterocycles. The number of rotatable bonds is 11. The van der Waals surface area contributed by atoms with Crippen LogP contribution in [0.5, 0.6) is 0 Å². The zero-order chi connectivity index (χ0) is 13.1. The van der Waals surface area contributed by atoms with Crippen LogP contribution in [0.25, 0.3) is 0 Å². The van der Waals surface area contributed by atoms with Gasteiger partial charge in [0.25, 0.3) is 0 Å². The SMILES string of the molecule is CCCCCCCCCCC(NC)c1cnsn1. The Balaban J connectivity index is 1.99. The molecule has 0 radical (unpaired) electrons. The van der Waals surface area contributed by atoms with E-state index in [4.69, 9.17) is 0 Å². The lowest BCUT2D eigenvalue weighted by atomic mass is 10.0. The summed E-state index contributed by atoms with van der Waals surface area (Å²) in [6.07, 6.45) is 14.1. The Morgan fingerprint density at radius 3 is 2.33 bits per heavy atom. The number of hydrogen-bond acceptors (Lipinski definition) is 4. The summed E-state index contributed by atoms with van der Waals surface area (Å²) in [7, 11) is 2.01. The van der Waals surface area contributed by atoms with Gasteiger partial charge in [0.05, 0.1) is 29.7 Å². The van der Waals surface area contributed by atoms with Crippen LogP contribution >= 0.6 is 11.7 Å². The highest BCUT2D eigenvalue weighted by Crippen LogP contribution is 2.18. The van der Waals surface area contributed by atoms with Gasteiger partial charge in [-0.25, -0.2) is 0 Å². The molecule has 1 atom stereocenters. The maximum absolute atomic E-state index is 4.30. The highest BCUT2D eigenvalue weighted by atomic mass is 32.1. The zero-order valence-electron chi connectivity index (χ0n) is 11.8. The van der Waals surface area contributed by atoms with Gasteiger partial charge in [-0.2, -0.15) is 8.75 Å². The average Bonchev–Trinajstić information content (AvgIpc) is 2.91. The van der Waals surface area contributed by atoms with E-state index in [1.54, 1.807) is 0 Å². The molecule has 0 amide bonds. The van der Waals surface area contributed by atoms with Crippen LogP contribution in [0.2, 0.25) is 0 Å². The molecule has 3 nitrogen and oxygen atoms in total. The molecule has 0 saturated carbocycles. The Bertz CT molecular complexity index is 275. The van der Waals surface area contributed by atoms with E-state index in [0.717, 1.165) is 5.69 Å². The normalized spacial score (nSPS) is 12.8. The standard InChI is InChI=1S/C14H27N3S/c1-3-4-5-6-7-8-9-10-11-13(15-2)14-12-16-18-17-14/h12-13,15H,3-11H2,1-2H3. The molecule has 0 saturated heterocycles. The molecular formula is C14H27N3S. The second kappa shape index (κ2) is 10.4. The number of unbranched alkanes of at least 4 members (excludes halogenated alkanes) is 7. The van der Waals surface area contributed by atoms with Gasteiger partial charge < -0.3 is 5.32 Å². The van der Waals surface area contributed by atoms with Crippen LogP contribution in [-0.4, -0.2) is 15.8 Å².